The summed E-state index contributed by atoms with van der Waals surface area (Å²) >= 11 is 0. The molecular formula is C17H27NO2. The second-order valence-electron chi connectivity index (χ2n) is 5.58. The average Bonchev–Trinajstić information content (AvgIpc) is 2.45. The van der Waals surface area contributed by atoms with E-state index in [0.717, 1.165) is 12.1 Å². The van der Waals surface area contributed by atoms with Gasteiger partial charge < -0.3 is 10.4 Å². The highest BCUT2D eigenvalue weighted by Crippen LogP contribution is 2.16. The minimum Gasteiger partial charge on any atom is -0.481 e. The van der Waals surface area contributed by atoms with Crippen LogP contribution in [0.5, 0.6) is 0 Å². The summed E-state index contributed by atoms with van der Waals surface area (Å²) in [5.74, 6) is -1.22. The third kappa shape index (κ3) is 5.74. The van der Waals surface area contributed by atoms with Crippen molar-refractivity contribution in [2.45, 2.75) is 65.0 Å². The van der Waals surface area contributed by atoms with Gasteiger partial charge in [-0.25, -0.2) is 0 Å². The molecule has 1 rings (SSSR count). The van der Waals surface area contributed by atoms with E-state index in [1.54, 1.807) is 6.92 Å². The highest BCUT2D eigenvalue weighted by molar-refractivity contribution is 5.75. The second kappa shape index (κ2) is 8.75. The summed E-state index contributed by atoms with van der Waals surface area (Å²) < 4.78 is 0. The van der Waals surface area contributed by atoms with E-state index < -0.39 is 11.9 Å². The molecule has 112 valence electrons. The van der Waals surface area contributed by atoms with Crippen molar-refractivity contribution in [1.82, 2.24) is 5.32 Å². The molecule has 0 saturated carbocycles. The zero-order valence-corrected chi connectivity index (χ0v) is 12.9. The number of carboxylic acid groups (broad SMARTS) is 1. The molecule has 0 amide bonds. The molecule has 0 bridgehead atoms. The second-order valence-corrected chi connectivity index (χ2v) is 5.58. The van der Waals surface area contributed by atoms with Crippen LogP contribution in [-0.2, 0) is 11.3 Å². The van der Waals surface area contributed by atoms with Crippen molar-refractivity contribution >= 4 is 5.97 Å². The summed E-state index contributed by atoms with van der Waals surface area (Å²) in [7, 11) is 0. The van der Waals surface area contributed by atoms with Crippen LogP contribution in [0.2, 0.25) is 0 Å². The third-order valence-electron chi connectivity index (χ3n) is 3.75. The summed E-state index contributed by atoms with van der Waals surface area (Å²) in [6.07, 6.45) is 5.05. The molecule has 2 atom stereocenters. The fourth-order valence-corrected chi connectivity index (χ4v) is 2.16. The summed E-state index contributed by atoms with van der Waals surface area (Å²) in [5.41, 5.74) is 2.06. The van der Waals surface area contributed by atoms with Gasteiger partial charge in [0.05, 0.1) is 5.92 Å². The highest BCUT2D eigenvalue weighted by Gasteiger charge is 2.12. The predicted molar refractivity (Wildman–Crippen MR) is 82.9 cm³/mol. The maximum Gasteiger partial charge on any atom is 0.310 e. The lowest BCUT2D eigenvalue weighted by atomic mass is 10.00. The molecule has 0 aliphatic carbocycles. The topological polar surface area (TPSA) is 49.3 Å². The van der Waals surface area contributed by atoms with E-state index in [1.807, 2.05) is 24.3 Å². The Morgan fingerprint density at radius 1 is 1.20 bits per heavy atom. The quantitative estimate of drug-likeness (QED) is 0.672. The van der Waals surface area contributed by atoms with E-state index >= 15 is 0 Å². The first kappa shape index (κ1) is 16.7. The van der Waals surface area contributed by atoms with E-state index in [9.17, 15) is 4.79 Å². The molecule has 0 aromatic heterocycles. The van der Waals surface area contributed by atoms with Gasteiger partial charge in [-0.1, -0.05) is 50.5 Å². The van der Waals surface area contributed by atoms with Crippen molar-refractivity contribution in [1.29, 1.82) is 0 Å². The van der Waals surface area contributed by atoms with Crippen LogP contribution < -0.4 is 5.32 Å². The fourth-order valence-electron chi connectivity index (χ4n) is 2.16. The number of hydrogen-bond donors (Lipinski definition) is 2. The van der Waals surface area contributed by atoms with E-state index in [4.69, 9.17) is 5.11 Å². The Hall–Kier alpha value is -1.35. The van der Waals surface area contributed by atoms with Crippen LogP contribution in [-0.4, -0.2) is 17.1 Å². The molecule has 0 aliphatic rings. The SMILES string of the molecule is CCCCCC(C)NCc1ccc(C(C)C(=O)O)cc1. The van der Waals surface area contributed by atoms with Gasteiger partial charge in [-0.05, 0) is 31.4 Å². The Morgan fingerprint density at radius 2 is 1.85 bits per heavy atom. The Bertz CT molecular complexity index is 400. The average molecular weight is 277 g/mol. The molecule has 2 unspecified atom stereocenters. The van der Waals surface area contributed by atoms with Gasteiger partial charge in [0, 0.05) is 12.6 Å². The number of benzene rings is 1. The van der Waals surface area contributed by atoms with Gasteiger partial charge in [0.15, 0.2) is 0 Å². The van der Waals surface area contributed by atoms with Crippen LogP contribution in [0.15, 0.2) is 24.3 Å². The van der Waals surface area contributed by atoms with Crippen LogP contribution >= 0.6 is 0 Å². The molecule has 3 nitrogen and oxygen atoms in total. The summed E-state index contributed by atoms with van der Waals surface area (Å²) in [6, 6.07) is 8.38. The minimum atomic E-state index is -0.777. The first-order valence-electron chi connectivity index (χ1n) is 7.59. The van der Waals surface area contributed by atoms with E-state index in [0.29, 0.717) is 6.04 Å². The van der Waals surface area contributed by atoms with Gasteiger partial charge >= 0.3 is 5.97 Å². The first-order chi connectivity index (χ1) is 9.54. The smallest absolute Gasteiger partial charge is 0.310 e. The van der Waals surface area contributed by atoms with Gasteiger partial charge in [0.1, 0.15) is 0 Å². The van der Waals surface area contributed by atoms with E-state index in [1.165, 1.54) is 31.2 Å². The van der Waals surface area contributed by atoms with Crippen LogP contribution in [0.25, 0.3) is 0 Å². The van der Waals surface area contributed by atoms with Crippen molar-refractivity contribution in [3.8, 4) is 0 Å². The maximum absolute atomic E-state index is 10.9. The van der Waals surface area contributed by atoms with Crippen LogP contribution in [0.3, 0.4) is 0 Å². The van der Waals surface area contributed by atoms with Gasteiger partial charge in [0.25, 0.3) is 0 Å². The molecule has 0 heterocycles. The number of rotatable bonds is 9. The summed E-state index contributed by atoms with van der Waals surface area (Å²) in [4.78, 5) is 10.9. The summed E-state index contributed by atoms with van der Waals surface area (Å²) in [6.45, 7) is 6.99. The minimum absolute atomic E-state index is 0.440. The number of carboxylic acids is 1. The normalized spacial score (nSPS) is 13.9. The zero-order valence-electron chi connectivity index (χ0n) is 12.9. The Labute approximate surface area is 122 Å². The predicted octanol–water partition coefficient (Wildman–Crippen LogP) is 3.93. The molecule has 0 fully saturated rings. The monoisotopic (exact) mass is 277 g/mol. The number of hydrogen-bond acceptors (Lipinski definition) is 2. The molecular weight excluding hydrogens is 250 g/mol. The zero-order chi connectivity index (χ0) is 15.0. The van der Waals surface area contributed by atoms with E-state index in [2.05, 4.69) is 19.2 Å². The third-order valence-corrected chi connectivity index (χ3v) is 3.75. The van der Waals surface area contributed by atoms with Crippen molar-refractivity contribution in [2.75, 3.05) is 0 Å². The van der Waals surface area contributed by atoms with Gasteiger partial charge in [0.2, 0.25) is 0 Å². The number of unbranched alkanes of at least 4 members (excludes halogenated alkanes) is 2. The Balaban J connectivity index is 2.40. The standard InChI is InChI=1S/C17H27NO2/c1-4-5-6-7-13(2)18-12-15-8-10-16(11-9-15)14(3)17(19)20/h8-11,13-14,18H,4-7,12H2,1-3H3,(H,19,20). The Morgan fingerprint density at radius 3 is 2.40 bits per heavy atom. The van der Waals surface area contributed by atoms with Crippen LogP contribution in [0, 0.1) is 0 Å². The molecule has 2 N–H and O–H groups in total. The van der Waals surface area contributed by atoms with Gasteiger partial charge in [-0.15, -0.1) is 0 Å². The molecule has 0 aliphatic heterocycles. The highest BCUT2D eigenvalue weighted by atomic mass is 16.4. The number of carbonyl (C=O) groups is 1. The number of aliphatic carboxylic acids is 1. The van der Waals surface area contributed by atoms with Crippen LogP contribution in [0.1, 0.15) is 63.5 Å². The molecule has 1 aromatic rings. The van der Waals surface area contributed by atoms with Gasteiger partial charge in [-0.2, -0.15) is 0 Å². The van der Waals surface area contributed by atoms with E-state index in [-0.39, 0.29) is 0 Å². The molecule has 0 saturated heterocycles. The Kier molecular flexibility index (Phi) is 7.31. The lowest BCUT2D eigenvalue weighted by Gasteiger charge is -2.14. The van der Waals surface area contributed by atoms with Gasteiger partial charge in [-0.3, -0.25) is 4.79 Å². The fraction of sp³-hybridized carbons (Fsp3) is 0.588. The lowest BCUT2D eigenvalue weighted by molar-refractivity contribution is -0.138. The molecule has 1 aromatic carbocycles. The van der Waals surface area contributed by atoms with Crippen molar-refractivity contribution in [3.63, 3.8) is 0 Å². The molecule has 0 radical (unpaired) electrons. The summed E-state index contributed by atoms with van der Waals surface area (Å²) in [5, 5.41) is 12.5. The first-order valence-corrected chi connectivity index (χ1v) is 7.59. The van der Waals surface area contributed by atoms with Crippen molar-refractivity contribution in [3.05, 3.63) is 35.4 Å². The van der Waals surface area contributed by atoms with Crippen molar-refractivity contribution in [2.24, 2.45) is 0 Å². The molecule has 0 spiro atoms. The molecule has 3 heteroatoms. The maximum atomic E-state index is 10.9. The molecule has 20 heavy (non-hydrogen) atoms. The largest absolute Gasteiger partial charge is 0.481 e. The number of nitrogens with one attached hydrogen (secondary N) is 1. The lowest BCUT2D eigenvalue weighted by Crippen LogP contribution is -2.25. The van der Waals surface area contributed by atoms with Crippen molar-refractivity contribution < 1.29 is 9.90 Å². The van der Waals surface area contributed by atoms with Crippen LogP contribution in [0.4, 0.5) is 0 Å².